The maximum absolute atomic E-state index is 11.4. The molecule has 0 aromatic heterocycles. The van der Waals surface area contributed by atoms with E-state index in [4.69, 9.17) is 17.3 Å². The Morgan fingerprint density at radius 3 is 2.28 bits per heavy atom. The predicted molar refractivity (Wildman–Crippen MR) is 72.6 cm³/mol. The van der Waals surface area contributed by atoms with E-state index >= 15 is 0 Å². The van der Waals surface area contributed by atoms with Gasteiger partial charge >= 0.3 is 5.97 Å². The van der Waals surface area contributed by atoms with E-state index in [0.717, 1.165) is 11.1 Å². The average Bonchev–Trinajstić information content (AvgIpc) is 2.38. The van der Waals surface area contributed by atoms with Crippen molar-refractivity contribution in [2.75, 3.05) is 12.8 Å². The minimum Gasteiger partial charge on any atom is -0.465 e. The molecule has 92 valence electrons. The number of carbonyl (C=O) groups excluding carboxylic acids is 1. The zero-order chi connectivity index (χ0) is 13.1. The minimum atomic E-state index is -0.435. The maximum Gasteiger partial charge on any atom is 0.339 e. The molecule has 0 unspecified atom stereocenters. The molecule has 0 aliphatic rings. The lowest BCUT2D eigenvalue weighted by Crippen LogP contribution is -2.05. The second-order valence-electron chi connectivity index (χ2n) is 3.80. The van der Waals surface area contributed by atoms with E-state index < -0.39 is 5.97 Å². The molecule has 0 atom stereocenters. The van der Waals surface area contributed by atoms with Crippen molar-refractivity contribution < 1.29 is 9.53 Å². The fourth-order valence-corrected chi connectivity index (χ4v) is 1.81. The SMILES string of the molecule is COC(=O)c1ccc(-c2ccc(Cl)cc2)cc1N. The zero-order valence-electron chi connectivity index (χ0n) is 9.81. The Morgan fingerprint density at radius 2 is 1.72 bits per heavy atom. The van der Waals surface area contributed by atoms with Crippen LogP contribution in [0.3, 0.4) is 0 Å². The molecule has 3 nitrogen and oxygen atoms in total. The summed E-state index contributed by atoms with van der Waals surface area (Å²) in [6, 6.07) is 12.6. The van der Waals surface area contributed by atoms with Gasteiger partial charge < -0.3 is 10.5 Å². The van der Waals surface area contributed by atoms with Crippen LogP contribution >= 0.6 is 11.6 Å². The third kappa shape index (κ3) is 2.46. The smallest absolute Gasteiger partial charge is 0.339 e. The van der Waals surface area contributed by atoms with E-state index in [9.17, 15) is 4.79 Å². The third-order valence-electron chi connectivity index (χ3n) is 2.63. The molecule has 0 aliphatic heterocycles. The van der Waals surface area contributed by atoms with Crippen LogP contribution in [-0.2, 0) is 4.74 Å². The van der Waals surface area contributed by atoms with Crippen LogP contribution in [0.15, 0.2) is 42.5 Å². The highest BCUT2D eigenvalue weighted by atomic mass is 35.5. The van der Waals surface area contributed by atoms with Gasteiger partial charge in [0, 0.05) is 10.7 Å². The topological polar surface area (TPSA) is 52.3 Å². The molecule has 0 amide bonds. The summed E-state index contributed by atoms with van der Waals surface area (Å²) in [6.45, 7) is 0. The van der Waals surface area contributed by atoms with Crippen molar-refractivity contribution >= 4 is 23.3 Å². The normalized spacial score (nSPS) is 10.1. The van der Waals surface area contributed by atoms with E-state index in [1.807, 2.05) is 18.2 Å². The molecule has 2 aromatic rings. The van der Waals surface area contributed by atoms with Crippen molar-refractivity contribution in [2.24, 2.45) is 0 Å². The predicted octanol–water partition coefficient (Wildman–Crippen LogP) is 3.38. The van der Waals surface area contributed by atoms with Crippen molar-refractivity contribution in [2.45, 2.75) is 0 Å². The van der Waals surface area contributed by atoms with Crippen molar-refractivity contribution in [3.8, 4) is 11.1 Å². The van der Waals surface area contributed by atoms with Crippen LogP contribution in [-0.4, -0.2) is 13.1 Å². The summed E-state index contributed by atoms with van der Waals surface area (Å²) in [5.41, 5.74) is 8.52. The number of halogens is 1. The van der Waals surface area contributed by atoms with E-state index in [0.29, 0.717) is 16.3 Å². The fraction of sp³-hybridized carbons (Fsp3) is 0.0714. The number of nitrogen functional groups attached to an aromatic ring is 1. The van der Waals surface area contributed by atoms with Gasteiger partial charge in [-0.15, -0.1) is 0 Å². The molecule has 0 saturated heterocycles. The summed E-state index contributed by atoms with van der Waals surface area (Å²) in [6.07, 6.45) is 0. The first kappa shape index (κ1) is 12.5. The van der Waals surface area contributed by atoms with Gasteiger partial charge in [-0.2, -0.15) is 0 Å². The van der Waals surface area contributed by atoms with Crippen molar-refractivity contribution in [3.05, 3.63) is 53.1 Å². The Morgan fingerprint density at radius 1 is 1.11 bits per heavy atom. The Kier molecular flexibility index (Phi) is 3.53. The van der Waals surface area contributed by atoms with Crippen LogP contribution in [0.2, 0.25) is 5.02 Å². The van der Waals surface area contributed by atoms with Crippen LogP contribution < -0.4 is 5.73 Å². The number of benzene rings is 2. The molecule has 0 spiro atoms. The number of esters is 1. The number of rotatable bonds is 2. The number of nitrogens with two attached hydrogens (primary N) is 1. The summed E-state index contributed by atoms with van der Waals surface area (Å²) >= 11 is 5.83. The molecule has 0 fully saturated rings. The first-order valence-corrected chi connectivity index (χ1v) is 5.73. The van der Waals surface area contributed by atoms with E-state index in [2.05, 4.69) is 4.74 Å². The highest BCUT2D eigenvalue weighted by Crippen LogP contribution is 2.25. The molecule has 18 heavy (non-hydrogen) atoms. The Bertz CT molecular complexity index is 579. The number of hydrogen-bond acceptors (Lipinski definition) is 3. The van der Waals surface area contributed by atoms with Gasteiger partial charge in [0.05, 0.1) is 12.7 Å². The molecule has 2 rings (SSSR count). The second kappa shape index (κ2) is 5.10. The minimum absolute atomic E-state index is 0.371. The van der Waals surface area contributed by atoms with E-state index in [1.165, 1.54) is 7.11 Å². The third-order valence-corrected chi connectivity index (χ3v) is 2.89. The summed E-state index contributed by atoms with van der Waals surface area (Å²) < 4.78 is 4.64. The molecule has 2 aromatic carbocycles. The van der Waals surface area contributed by atoms with E-state index in [1.54, 1.807) is 24.3 Å². The number of methoxy groups -OCH3 is 1. The van der Waals surface area contributed by atoms with Gasteiger partial charge in [0.15, 0.2) is 0 Å². The molecule has 0 heterocycles. The summed E-state index contributed by atoms with van der Waals surface area (Å²) in [4.78, 5) is 11.4. The molecule has 0 aliphatic carbocycles. The summed E-state index contributed by atoms with van der Waals surface area (Å²) in [5.74, 6) is -0.435. The van der Waals surface area contributed by atoms with Crippen LogP contribution in [0.4, 0.5) is 5.69 Å². The highest BCUT2D eigenvalue weighted by Gasteiger charge is 2.10. The molecular formula is C14H12ClNO2. The lowest BCUT2D eigenvalue weighted by Gasteiger charge is -2.07. The molecule has 2 N–H and O–H groups in total. The Hall–Kier alpha value is -2.00. The largest absolute Gasteiger partial charge is 0.465 e. The fourth-order valence-electron chi connectivity index (χ4n) is 1.68. The van der Waals surface area contributed by atoms with Gasteiger partial charge in [-0.1, -0.05) is 29.8 Å². The maximum atomic E-state index is 11.4. The second-order valence-corrected chi connectivity index (χ2v) is 4.24. The quantitative estimate of drug-likeness (QED) is 0.666. The van der Waals surface area contributed by atoms with Crippen molar-refractivity contribution in [1.29, 1.82) is 0 Å². The molecule has 0 bridgehead atoms. The van der Waals surface area contributed by atoms with Gasteiger partial charge in [0.2, 0.25) is 0 Å². The average molecular weight is 262 g/mol. The van der Waals surface area contributed by atoms with Crippen LogP contribution in [0.25, 0.3) is 11.1 Å². The van der Waals surface area contributed by atoms with Crippen LogP contribution in [0.5, 0.6) is 0 Å². The zero-order valence-corrected chi connectivity index (χ0v) is 10.6. The van der Waals surface area contributed by atoms with E-state index in [-0.39, 0.29) is 0 Å². The number of carbonyl (C=O) groups is 1. The molecule has 0 radical (unpaired) electrons. The molecule has 4 heteroatoms. The van der Waals surface area contributed by atoms with Gasteiger partial charge in [0.25, 0.3) is 0 Å². The molecule has 0 saturated carbocycles. The lowest BCUT2D eigenvalue weighted by molar-refractivity contribution is 0.0602. The monoisotopic (exact) mass is 261 g/mol. The molecular weight excluding hydrogens is 250 g/mol. The standard InChI is InChI=1S/C14H12ClNO2/c1-18-14(17)12-7-4-10(8-13(12)16)9-2-5-11(15)6-3-9/h2-8H,16H2,1H3. The van der Waals surface area contributed by atoms with Crippen molar-refractivity contribution in [3.63, 3.8) is 0 Å². The first-order valence-electron chi connectivity index (χ1n) is 5.35. The van der Waals surface area contributed by atoms with Gasteiger partial charge in [0.1, 0.15) is 0 Å². The number of ether oxygens (including phenoxy) is 1. The van der Waals surface area contributed by atoms with Crippen LogP contribution in [0, 0.1) is 0 Å². The Balaban J connectivity index is 2.40. The summed E-state index contributed by atoms with van der Waals surface area (Å²) in [5, 5.41) is 0.679. The van der Waals surface area contributed by atoms with Crippen molar-refractivity contribution in [1.82, 2.24) is 0 Å². The Labute approximate surface area is 110 Å². The van der Waals surface area contributed by atoms with Gasteiger partial charge in [-0.25, -0.2) is 4.79 Å². The van der Waals surface area contributed by atoms with Crippen LogP contribution in [0.1, 0.15) is 10.4 Å². The summed E-state index contributed by atoms with van der Waals surface area (Å²) in [7, 11) is 1.33. The number of anilines is 1. The first-order chi connectivity index (χ1) is 8.61. The lowest BCUT2D eigenvalue weighted by atomic mass is 10.0. The highest BCUT2D eigenvalue weighted by molar-refractivity contribution is 6.30. The number of hydrogen-bond donors (Lipinski definition) is 1. The van der Waals surface area contributed by atoms with Gasteiger partial charge in [-0.3, -0.25) is 0 Å². The van der Waals surface area contributed by atoms with Gasteiger partial charge in [-0.05, 0) is 35.4 Å².